The molecule has 1 atom stereocenters. The maximum atomic E-state index is 2.31. The zero-order valence-electron chi connectivity index (χ0n) is 6.28. The van der Waals surface area contributed by atoms with E-state index in [9.17, 15) is 0 Å². The first-order valence-electron chi connectivity index (χ1n) is 3.38. The van der Waals surface area contributed by atoms with E-state index >= 15 is 0 Å². The minimum Gasteiger partial charge on any atom is -0.0619 e. The van der Waals surface area contributed by atoms with Gasteiger partial charge in [0, 0.05) is 0 Å². The Balaban J connectivity index is 2.39. The molecule has 0 saturated heterocycles. The average Bonchev–Trinajstić information content (AvgIpc) is 2.13. The first-order chi connectivity index (χ1) is 3.52. The Bertz CT molecular complexity index is 86.7. The van der Waals surface area contributed by atoms with Gasteiger partial charge in [0.25, 0.3) is 0 Å². The number of hydrogen-bond donors (Lipinski definition) is 0. The average molecular weight is 111 g/mol. The third-order valence-electron chi connectivity index (χ3n) is 1.92. The van der Waals surface area contributed by atoms with Crippen LogP contribution in [0.3, 0.4) is 0 Å². The lowest BCUT2D eigenvalue weighted by Crippen LogP contribution is -2.06. The van der Waals surface area contributed by atoms with Gasteiger partial charge in [0.2, 0.25) is 0 Å². The summed E-state index contributed by atoms with van der Waals surface area (Å²) < 4.78 is 0. The Morgan fingerprint density at radius 1 is 1.38 bits per heavy atom. The smallest absolute Gasteiger partial charge is 0.0156 e. The van der Waals surface area contributed by atoms with Crippen LogP contribution in [0.2, 0.25) is 0 Å². The summed E-state index contributed by atoms with van der Waals surface area (Å²) in [6.45, 7) is 9.20. The lowest BCUT2D eigenvalue weighted by atomic mass is 9.89. The van der Waals surface area contributed by atoms with Crippen LogP contribution in [0.1, 0.15) is 34.1 Å². The fraction of sp³-hybridized carbons (Fsp3) is 0.875. The lowest BCUT2D eigenvalue weighted by Gasteiger charge is -2.16. The maximum absolute atomic E-state index is 2.31. The van der Waals surface area contributed by atoms with Crippen molar-refractivity contribution in [2.24, 2.45) is 11.3 Å². The van der Waals surface area contributed by atoms with Crippen LogP contribution < -0.4 is 0 Å². The molecular formula is C8H15. The fourth-order valence-corrected chi connectivity index (χ4v) is 1.32. The largest absolute Gasteiger partial charge is 0.0619 e. The summed E-state index contributed by atoms with van der Waals surface area (Å²) in [6.07, 6.45) is 1.38. The van der Waals surface area contributed by atoms with Crippen LogP contribution in [0, 0.1) is 17.3 Å². The Kier molecular flexibility index (Phi) is 1.14. The summed E-state index contributed by atoms with van der Waals surface area (Å²) in [4.78, 5) is 0. The molecule has 1 aliphatic carbocycles. The van der Waals surface area contributed by atoms with Crippen molar-refractivity contribution in [2.45, 2.75) is 34.1 Å². The van der Waals surface area contributed by atoms with Gasteiger partial charge < -0.3 is 0 Å². The molecule has 1 aliphatic rings. The molecule has 0 aromatic rings. The quantitative estimate of drug-likeness (QED) is 0.451. The Morgan fingerprint density at radius 3 is 1.75 bits per heavy atom. The maximum Gasteiger partial charge on any atom is -0.0156 e. The van der Waals surface area contributed by atoms with Gasteiger partial charge in [0.05, 0.1) is 0 Å². The van der Waals surface area contributed by atoms with Gasteiger partial charge in [-0.25, -0.2) is 0 Å². The van der Waals surface area contributed by atoms with Crippen LogP contribution in [0.4, 0.5) is 0 Å². The lowest BCUT2D eigenvalue weighted by molar-refractivity contribution is 0.467. The highest BCUT2D eigenvalue weighted by molar-refractivity contribution is 5.18. The molecule has 0 heteroatoms. The van der Waals surface area contributed by atoms with Crippen molar-refractivity contribution in [1.29, 1.82) is 0 Å². The molecule has 0 amide bonds. The van der Waals surface area contributed by atoms with E-state index in [1.807, 2.05) is 0 Å². The van der Waals surface area contributed by atoms with Crippen molar-refractivity contribution in [3.8, 4) is 0 Å². The summed E-state index contributed by atoms with van der Waals surface area (Å²) in [6, 6.07) is 0. The highest BCUT2D eigenvalue weighted by Gasteiger charge is 2.42. The molecule has 1 radical (unpaired) electrons. The summed E-state index contributed by atoms with van der Waals surface area (Å²) in [5.74, 6) is 2.67. The molecule has 0 N–H and O–H groups in total. The first kappa shape index (κ1) is 6.12. The van der Waals surface area contributed by atoms with E-state index in [-0.39, 0.29) is 0 Å². The normalized spacial score (nSPS) is 30.8. The van der Waals surface area contributed by atoms with Gasteiger partial charge >= 0.3 is 0 Å². The van der Waals surface area contributed by atoms with E-state index in [0.717, 1.165) is 5.92 Å². The molecule has 0 spiro atoms. The van der Waals surface area contributed by atoms with Gasteiger partial charge in [-0.2, -0.15) is 0 Å². The zero-order valence-corrected chi connectivity index (χ0v) is 6.28. The Morgan fingerprint density at radius 2 is 1.75 bits per heavy atom. The van der Waals surface area contributed by atoms with Crippen LogP contribution in [0.15, 0.2) is 0 Å². The predicted octanol–water partition coefficient (Wildman–Crippen LogP) is 2.65. The molecule has 0 heterocycles. The topological polar surface area (TPSA) is 0 Å². The molecule has 47 valence electrons. The van der Waals surface area contributed by atoms with Crippen molar-refractivity contribution < 1.29 is 0 Å². The second-order valence-corrected chi connectivity index (χ2v) is 3.88. The molecule has 0 aromatic carbocycles. The van der Waals surface area contributed by atoms with Crippen molar-refractivity contribution in [2.75, 3.05) is 0 Å². The molecule has 1 fully saturated rings. The number of rotatable bonds is 0. The molecule has 1 unspecified atom stereocenters. The van der Waals surface area contributed by atoms with E-state index in [0.29, 0.717) is 5.41 Å². The third-order valence-corrected chi connectivity index (χ3v) is 1.92. The second kappa shape index (κ2) is 1.49. The van der Waals surface area contributed by atoms with Gasteiger partial charge in [0.15, 0.2) is 0 Å². The van der Waals surface area contributed by atoms with Crippen molar-refractivity contribution in [1.82, 2.24) is 0 Å². The van der Waals surface area contributed by atoms with E-state index in [1.54, 1.807) is 5.92 Å². The monoisotopic (exact) mass is 111 g/mol. The minimum absolute atomic E-state index is 0.499. The standard InChI is InChI=1S/C8H15/c1-6-5-7(6)8(2,3)4/h6H,5H2,1-4H3. The number of hydrogen-bond acceptors (Lipinski definition) is 0. The van der Waals surface area contributed by atoms with Gasteiger partial charge in [-0.05, 0) is 23.7 Å². The van der Waals surface area contributed by atoms with E-state index in [2.05, 4.69) is 27.7 Å². The highest BCUT2D eigenvalue weighted by atomic mass is 14.5. The summed E-state index contributed by atoms with van der Waals surface area (Å²) in [5.41, 5.74) is 0.499. The molecular weight excluding hydrogens is 96.1 g/mol. The molecule has 0 bridgehead atoms. The Hall–Kier alpha value is 0. The second-order valence-electron chi connectivity index (χ2n) is 3.88. The molecule has 0 aromatic heterocycles. The fourth-order valence-electron chi connectivity index (χ4n) is 1.32. The van der Waals surface area contributed by atoms with Gasteiger partial charge in [-0.15, -0.1) is 0 Å². The zero-order chi connectivity index (χ0) is 6.36. The first-order valence-corrected chi connectivity index (χ1v) is 3.38. The van der Waals surface area contributed by atoms with Crippen LogP contribution in [0.25, 0.3) is 0 Å². The Labute approximate surface area is 52.3 Å². The van der Waals surface area contributed by atoms with E-state index in [4.69, 9.17) is 0 Å². The molecule has 1 rings (SSSR count). The molecule has 8 heavy (non-hydrogen) atoms. The molecule has 1 saturated carbocycles. The van der Waals surface area contributed by atoms with Gasteiger partial charge in [-0.1, -0.05) is 27.7 Å². The van der Waals surface area contributed by atoms with Crippen molar-refractivity contribution in [3.63, 3.8) is 0 Å². The predicted molar refractivity (Wildman–Crippen MR) is 36.5 cm³/mol. The molecule has 0 aliphatic heterocycles. The minimum atomic E-state index is 0.499. The van der Waals surface area contributed by atoms with Crippen LogP contribution in [0.5, 0.6) is 0 Å². The van der Waals surface area contributed by atoms with E-state index in [1.165, 1.54) is 6.42 Å². The van der Waals surface area contributed by atoms with Crippen LogP contribution >= 0.6 is 0 Å². The summed E-state index contributed by atoms with van der Waals surface area (Å²) >= 11 is 0. The van der Waals surface area contributed by atoms with Crippen molar-refractivity contribution >= 4 is 0 Å². The van der Waals surface area contributed by atoms with Crippen LogP contribution in [-0.4, -0.2) is 0 Å². The summed E-state index contributed by atoms with van der Waals surface area (Å²) in [5, 5.41) is 0. The SMILES string of the molecule is CC1C[C]1C(C)(C)C. The van der Waals surface area contributed by atoms with Crippen molar-refractivity contribution in [3.05, 3.63) is 5.92 Å². The van der Waals surface area contributed by atoms with Gasteiger partial charge in [-0.3, -0.25) is 0 Å². The van der Waals surface area contributed by atoms with Gasteiger partial charge in [0.1, 0.15) is 0 Å². The molecule has 0 nitrogen and oxygen atoms in total. The third kappa shape index (κ3) is 1.04. The highest BCUT2D eigenvalue weighted by Crippen LogP contribution is 2.52. The summed E-state index contributed by atoms with van der Waals surface area (Å²) in [7, 11) is 0. The van der Waals surface area contributed by atoms with E-state index < -0.39 is 0 Å². The van der Waals surface area contributed by atoms with Crippen LogP contribution in [-0.2, 0) is 0 Å².